The quantitative estimate of drug-likeness (QED) is 0.121. The van der Waals surface area contributed by atoms with Gasteiger partial charge in [-0.3, -0.25) is 14.4 Å². The average Bonchev–Trinajstić information content (AvgIpc) is 2.94. The van der Waals surface area contributed by atoms with Gasteiger partial charge in [0.2, 0.25) is 0 Å². The predicted octanol–water partition coefficient (Wildman–Crippen LogP) is 6.13. The van der Waals surface area contributed by atoms with Crippen LogP contribution in [0.15, 0.2) is 111 Å². The maximum absolute atomic E-state index is 12.8. The third kappa shape index (κ3) is 8.10. The Kier molecular flexibility index (Phi) is 9.60. The zero-order valence-corrected chi connectivity index (χ0v) is 23.5. The van der Waals surface area contributed by atoms with Crippen LogP contribution in [0.3, 0.4) is 0 Å². The minimum absolute atomic E-state index is 0.180. The van der Waals surface area contributed by atoms with Crippen LogP contribution in [0.4, 0.5) is 11.4 Å². The van der Waals surface area contributed by atoms with Crippen LogP contribution in [0.1, 0.15) is 21.5 Å². The maximum atomic E-state index is 12.8. The highest BCUT2D eigenvalue weighted by atomic mass is 79.9. The molecule has 4 aromatic carbocycles. The van der Waals surface area contributed by atoms with Gasteiger partial charge in [0.05, 0.1) is 17.5 Å². The summed E-state index contributed by atoms with van der Waals surface area (Å²) in [6, 6.07) is 28.5. The maximum Gasteiger partial charge on any atom is 0.329 e. The van der Waals surface area contributed by atoms with Gasteiger partial charge in [-0.05, 0) is 60.2 Å². The summed E-state index contributed by atoms with van der Waals surface area (Å²) in [5.74, 6) is -1.87. The second kappa shape index (κ2) is 13.5. The van der Waals surface area contributed by atoms with Crippen LogP contribution in [0.25, 0.3) is 0 Å². The Morgan fingerprint density at radius 1 is 0.769 bits per heavy atom. The molecule has 3 amide bonds. The first-order valence-electron chi connectivity index (χ1n) is 11.7. The van der Waals surface area contributed by atoms with Crippen molar-refractivity contribution in [2.75, 3.05) is 10.6 Å². The largest absolute Gasteiger partial charge is 0.488 e. The Morgan fingerprint density at radius 3 is 2.23 bits per heavy atom. The van der Waals surface area contributed by atoms with E-state index in [2.05, 4.69) is 53.0 Å². The second-order valence-corrected chi connectivity index (χ2v) is 9.95. The molecular weight excluding hydrogens is 628 g/mol. The number of para-hydroxylation sites is 1. The number of ether oxygens (including phenoxy) is 1. The molecule has 0 fully saturated rings. The lowest BCUT2D eigenvalue weighted by molar-refractivity contribution is -0.136. The first kappa shape index (κ1) is 27.7. The van der Waals surface area contributed by atoms with Gasteiger partial charge in [0.1, 0.15) is 12.4 Å². The van der Waals surface area contributed by atoms with Crippen molar-refractivity contribution in [3.63, 3.8) is 0 Å². The van der Waals surface area contributed by atoms with Crippen LogP contribution in [0.2, 0.25) is 0 Å². The van der Waals surface area contributed by atoms with E-state index in [4.69, 9.17) is 4.74 Å². The predicted molar refractivity (Wildman–Crippen MR) is 158 cm³/mol. The smallest absolute Gasteiger partial charge is 0.329 e. The Bertz CT molecular complexity index is 1510. The highest BCUT2D eigenvalue weighted by Gasteiger charge is 2.18. The molecule has 0 radical (unpaired) electrons. The zero-order chi connectivity index (χ0) is 27.6. The first-order chi connectivity index (χ1) is 18.9. The van der Waals surface area contributed by atoms with E-state index in [-0.39, 0.29) is 11.3 Å². The van der Waals surface area contributed by atoms with E-state index in [0.29, 0.717) is 23.6 Å². The number of nitrogens with one attached hydrogen (secondary N) is 3. The highest BCUT2D eigenvalue weighted by Crippen LogP contribution is 2.23. The van der Waals surface area contributed by atoms with Crippen molar-refractivity contribution >= 4 is 67.2 Å². The molecule has 0 saturated heterocycles. The summed E-state index contributed by atoms with van der Waals surface area (Å²) >= 11 is 6.76. The SMILES string of the molecule is O=C(N/N=C/c1cc(Br)ccc1OCc1ccccc1)C(=O)Nc1ccccc1C(=O)Nc1ccc(Br)cc1. The van der Waals surface area contributed by atoms with Gasteiger partial charge in [0.15, 0.2) is 0 Å². The van der Waals surface area contributed by atoms with Crippen LogP contribution in [0, 0.1) is 0 Å². The Labute approximate surface area is 241 Å². The minimum Gasteiger partial charge on any atom is -0.488 e. The van der Waals surface area contributed by atoms with Gasteiger partial charge in [-0.1, -0.05) is 74.3 Å². The molecule has 0 bridgehead atoms. The molecule has 4 rings (SSSR count). The summed E-state index contributed by atoms with van der Waals surface area (Å²) in [5, 5.41) is 9.14. The van der Waals surface area contributed by atoms with Crippen molar-refractivity contribution in [3.8, 4) is 5.75 Å². The molecule has 0 heterocycles. The van der Waals surface area contributed by atoms with E-state index in [1.807, 2.05) is 36.4 Å². The molecule has 0 aliphatic rings. The molecule has 3 N–H and O–H groups in total. The van der Waals surface area contributed by atoms with E-state index >= 15 is 0 Å². The number of carbonyl (C=O) groups excluding carboxylic acids is 3. The molecule has 0 spiro atoms. The number of amides is 3. The monoisotopic (exact) mass is 648 g/mol. The fourth-order valence-electron chi connectivity index (χ4n) is 3.40. The molecule has 8 nitrogen and oxygen atoms in total. The molecule has 196 valence electrons. The molecule has 0 unspecified atom stereocenters. The van der Waals surface area contributed by atoms with Crippen molar-refractivity contribution in [1.29, 1.82) is 0 Å². The Hall–Kier alpha value is -4.28. The van der Waals surface area contributed by atoms with E-state index in [1.54, 1.807) is 54.6 Å². The summed E-state index contributed by atoms with van der Waals surface area (Å²) in [6.45, 7) is 0.354. The highest BCUT2D eigenvalue weighted by molar-refractivity contribution is 9.10. The van der Waals surface area contributed by atoms with Gasteiger partial charge in [-0.2, -0.15) is 5.10 Å². The van der Waals surface area contributed by atoms with E-state index in [9.17, 15) is 14.4 Å². The van der Waals surface area contributed by atoms with Crippen LogP contribution >= 0.6 is 31.9 Å². The standard InChI is InChI=1S/C29H22Br2N4O4/c30-21-10-13-23(14-11-21)33-27(36)24-8-4-5-9-25(24)34-28(37)29(38)35-32-17-20-16-22(31)12-15-26(20)39-18-19-6-2-1-3-7-19/h1-17H,18H2,(H,33,36)(H,34,37)(H,35,38)/b32-17+. The molecule has 10 heteroatoms. The Morgan fingerprint density at radius 2 is 1.46 bits per heavy atom. The summed E-state index contributed by atoms with van der Waals surface area (Å²) in [4.78, 5) is 37.8. The number of carbonyl (C=O) groups is 3. The van der Waals surface area contributed by atoms with E-state index < -0.39 is 17.7 Å². The fourth-order valence-corrected chi connectivity index (χ4v) is 4.04. The van der Waals surface area contributed by atoms with Gasteiger partial charge < -0.3 is 15.4 Å². The molecular formula is C29H22Br2N4O4. The number of hydrazone groups is 1. The number of hydrogen-bond donors (Lipinski definition) is 3. The zero-order valence-electron chi connectivity index (χ0n) is 20.4. The van der Waals surface area contributed by atoms with Crippen molar-refractivity contribution in [3.05, 3.63) is 123 Å². The molecule has 0 aliphatic heterocycles. The third-order valence-electron chi connectivity index (χ3n) is 5.31. The van der Waals surface area contributed by atoms with Crippen LogP contribution in [-0.4, -0.2) is 23.9 Å². The van der Waals surface area contributed by atoms with Crippen molar-refractivity contribution in [2.24, 2.45) is 5.10 Å². The van der Waals surface area contributed by atoms with Crippen molar-refractivity contribution in [1.82, 2.24) is 5.43 Å². The van der Waals surface area contributed by atoms with E-state index in [1.165, 1.54) is 12.3 Å². The average molecular weight is 650 g/mol. The van der Waals surface area contributed by atoms with Gasteiger partial charge in [0, 0.05) is 20.2 Å². The first-order valence-corrected chi connectivity index (χ1v) is 13.2. The summed E-state index contributed by atoms with van der Waals surface area (Å²) in [6.07, 6.45) is 1.38. The van der Waals surface area contributed by atoms with E-state index in [0.717, 1.165) is 14.5 Å². The minimum atomic E-state index is -1.00. The number of rotatable bonds is 8. The lowest BCUT2D eigenvalue weighted by Crippen LogP contribution is -2.33. The number of nitrogens with zero attached hydrogens (tertiary/aromatic N) is 1. The lowest BCUT2D eigenvalue weighted by atomic mass is 10.1. The summed E-state index contributed by atoms with van der Waals surface area (Å²) < 4.78 is 7.56. The topological polar surface area (TPSA) is 109 Å². The molecule has 4 aromatic rings. The van der Waals surface area contributed by atoms with Gasteiger partial charge >= 0.3 is 11.8 Å². The molecule has 0 atom stereocenters. The lowest BCUT2D eigenvalue weighted by Gasteiger charge is -2.11. The molecule has 39 heavy (non-hydrogen) atoms. The number of benzene rings is 4. The number of halogens is 2. The number of hydrogen-bond acceptors (Lipinski definition) is 5. The normalized spacial score (nSPS) is 10.6. The summed E-state index contributed by atoms with van der Waals surface area (Å²) in [7, 11) is 0. The number of anilines is 2. The van der Waals surface area contributed by atoms with Crippen LogP contribution in [-0.2, 0) is 16.2 Å². The van der Waals surface area contributed by atoms with Crippen molar-refractivity contribution in [2.45, 2.75) is 6.61 Å². The van der Waals surface area contributed by atoms with Crippen LogP contribution < -0.4 is 20.8 Å². The molecule has 0 saturated carbocycles. The van der Waals surface area contributed by atoms with Gasteiger partial charge in [0.25, 0.3) is 5.91 Å². The summed E-state index contributed by atoms with van der Waals surface area (Å²) in [5.41, 5.74) is 4.75. The van der Waals surface area contributed by atoms with Crippen LogP contribution in [0.5, 0.6) is 5.75 Å². The Balaban J connectivity index is 1.38. The molecule has 0 aliphatic carbocycles. The van der Waals surface area contributed by atoms with Crippen molar-refractivity contribution < 1.29 is 19.1 Å². The molecule has 0 aromatic heterocycles. The fraction of sp³-hybridized carbons (Fsp3) is 0.0345. The third-order valence-corrected chi connectivity index (χ3v) is 6.33. The van der Waals surface area contributed by atoms with Gasteiger partial charge in [-0.25, -0.2) is 5.43 Å². The van der Waals surface area contributed by atoms with Gasteiger partial charge in [-0.15, -0.1) is 0 Å². The second-order valence-electron chi connectivity index (χ2n) is 8.12.